The smallest absolute Gasteiger partial charge is 0.326 e. The Morgan fingerprint density at radius 2 is 1.84 bits per heavy atom. The zero-order chi connectivity index (χ0) is 17.9. The lowest BCUT2D eigenvalue weighted by molar-refractivity contribution is 0.668. The Kier molecular flexibility index (Phi) is 3.48. The minimum absolute atomic E-state index is 0.246. The van der Waals surface area contributed by atoms with E-state index in [0.717, 1.165) is 15.9 Å². The van der Waals surface area contributed by atoms with Crippen molar-refractivity contribution in [3.8, 4) is 0 Å². The van der Waals surface area contributed by atoms with Crippen molar-refractivity contribution < 1.29 is 0 Å². The van der Waals surface area contributed by atoms with Crippen molar-refractivity contribution in [1.29, 1.82) is 0 Å². The van der Waals surface area contributed by atoms with Gasteiger partial charge >= 0.3 is 10.6 Å². The SMILES string of the molecule is Cn1c2c(c(=O)n(C)c1=O)C(c1ccccc1Cl)c1sc(=O)[nH]c1N2. The second kappa shape index (κ2) is 5.47. The summed E-state index contributed by atoms with van der Waals surface area (Å²) in [6.45, 7) is 0. The number of aromatic nitrogens is 3. The fourth-order valence-electron chi connectivity index (χ4n) is 3.17. The number of halogens is 1. The van der Waals surface area contributed by atoms with E-state index < -0.39 is 17.2 Å². The predicted molar refractivity (Wildman–Crippen MR) is 97.5 cm³/mol. The van der Waals surface area contributed by atoms with Crippen molar-refractivity contribution in [3.63, 3.8) is 0 Å². The van der Waals surface area contributed by atoms with Crippen LogP contribution < -0.4 is 21.4 Å². The van der Waals surface area contributed by atoms with E-state index in [1.165, 1.54) is 11.6 Å². The molecule has 9 heteroatoms. The van der Waals surface area contributed by atoms with Gasteiger partial charge in [-0.05, 0) is 11.6 Å². The molecular weight excluding hydrogens is 364 g/mol. The summed E-state index contributed by atoms with van der Waals surface area (Å²) in [5.74, 6) is 0.310. The number of thiazole rings is 1. The number of fused-ring (bicyclic) bond motifs is 2. The molecule has 3 aromatic rings. The van der Waals surface area contributed by atoms with Gasteiger partial charge in [0.1, 0.15) is 11.6 Å². The van der Waals surface area contributed by atoms with Crippen LogP contribution in [0.5, 0.6) is 0 Å². The van der Waals surface area contributed by atoms with Crippen molar-refractivity contribution in [1.82, 2.24) is 14.1 Å². The van der Waals surface area contributed by atoms with Crippen molar-refractivity contribution in [2.24, 2.45) is 14.1 Å². The summed E-state index contributed by atoms with van der Waals surface area (Å²) in [5.41, 5.74) is 0.233. The zero-order valence-corrected chi connectivity index (χ0v) is 14.9. The molecule has 1 aliphatic heterocycles. The van der Waals surface area contributed by atoms with Gasteiger partial charge in [-0.25, -0.2) is 4.79 Å². The molecular formula is C16H13ClN4O3S. The molecule has 3 heterocycles. The fourth-order valence-corrected chi connectivity index (χ4v) is 4.34. The maximum atomic E-state index is 12.9. The topological polar surface area (TPSA) is 88.9 Å². The van der Waals surface area contributed by atoms with E-state index in [-0.39, 0.29) is 4.87 Å². The number of rotatable bonds is 1. The molecule has 1 aliphatic rings. The lowest BCUT2D eigenvalue weighted by Crippen LogP contribution is -2.42. The number of nitrogens with one attached hydrogen (secondary N) is 2. The fraction of sp³-hybridized carbons (Fsp3) is 0.188. The van der Waals surface area contributed by atoms with Crippen LogP contribution in [0.1, 0.15) is 21.9 Å². The van der Waals surface area contributed by atoms with Gasteiger partial charge in [-0.2, -0.15) is 0 Å². The molecule has 0 amide bonds. The Balaban J connectivity index is 2.16. The molecule has 1 unspecified atom stereocenters. The molecule has 1 aromatic carbocycles. The standard InChI is InChI=1S/C16H13ClN4O3S/c1-20-13-10(14(22)21(2)16(20)24)9(7-5-3-4-6-8(7)17)11-12(18-13)19-15(23)25-11/h3-6,9,18H,1-2H3,(H,19,23). The van der Waals surface area contributed by atoms with Gasteiger partial charge in [-0.3, -0.25) is 23.7 Å². The Morgan fingerprint density at radius 3 is 2.56 bits per heavy atom. The van der Waals surface area contributed by atoms with Crippen LogP contribution in [0, 0.1) is 0 Å². The summed E-state index contributed by atoms with van der Waals surface area (Å²) in [4.78, 5) is 40.2. The van der Waals surface area contributed by atoms with Crippen LogP contribution in [0.25, 0.3) is 0 Å². The second-order valence-electron chi connectivity index (χ2n) is 5.80. The van der Waals surface area contributed by atoms with Crippen LogP contribution in [-0.4, -0.2) is 14.1 Å². The van der Waals surface area contributed by atoms with Crippen LogP contribution >= 0.6 is 22.9 Å². The van der Waals surface area contributed by atoms with Crippen LogP contribution in [0.3, 0.4) is 0 Å². The van der Waals surface area contributed by atoms with E-state index in [2.05, 4.69) is 10.3 Å². The van der Waals surface area contributed by atoms with E-state index in [4.69, 9.17) is 11.6 Å². The lowest BCUT2D eigenvalue weighted by Gasteiger charge is -2.28. The third-order valence-corrected chi connectivity index (χ3v) is 5.68. The first-order chi connectivity index (χ1) is 11.9. The molecule has 0 saturated carbocycles. The molecule has 128 valence electrons. The molecule has 0 spiro atoms. The number of hydrogen-bond donors (Lipinski definition) is 2. The van der Waals surface area contributed by atoms with Gasteiger partial charge in [0, 0.05) is 19.1 Å². The largest absolute Gasteiger partial charge is 0.332 e. The van der Waals surface area contributed by atoms with Crippen LogP contribution in [-0.2, 0) is 14.1 Å². The molecule has 4 rings (SSSR count). The van der Waals surface area contributed by atoms with E-state index in [9.17, 15) is 14.4 Å². The zero-order valence-electron chi connectivity index (χ0n) is 13.3. The Bertz CT molecular complexity index is 1190. The normalized spacial score (nSPS) is 15.4. The molecule has 25 heavy (non-hydrogen) atoms. The molecule has 0 fully saturated rings. The van der Waals surface area contributed by atoms with Crippen molar-refractivity contribution in [2.75, 3.05) is 5.32 Å². The molecule has 0 radical (unpaired) electrons. The molecule has 0 saturated heterocycles. The third-order valence-electron chi connectivity index (χ3n) is 4.39. The summed E-state index contributed by atoms with van der Waals surface area (Å²) in [5, 5.41) is 3.51. The maximum Gasteiger partial charge on any atom is 0.332 e. The van der Waals surface area contributed by atoms with Gasteiger partial charge in [-0.1, -0.05) is 41.1 Å². The van der Waals surface area contributed by atoms with E-state index in [1.54, 1.807) is 19.2 Å². The van der Waals surface area contributed by atoms with Crippen molar-refractivity contribution in [3.05, 3.63) is 75.8 Å². The minimum atomic E-state index is -0.533. The van der Waals surface area contributed by atoms with Crippen LogP contribution in [0.15, 0.2) is 38.6 Å². The Morgan fingerprint density at radius 1 is 1.12 bits per heavy atom. The lowest BCUT2D eigenvalue weighted by atomic mass is 9.88. The average molecular weight is 377 g/mol. The van der Waals surface area contributed by atoms with E-state index >= 15 is 0 Å². The third kappa shape index (κ3) is 2.21. The number of anilines is 2. The number of hydrogen-bond acceptors (Lipinski definition) is 5. The first-order valence-electron chi connectivity index (χ1n) is 7.44. The minimum Gasteiger partial charge on any atom is -0.326 e. The van der Waals surface area contributed by atoms with Gasteiger partial charge < -0.3 is 5.32 Å². The number of nitrogens with zero attached hydrogens (tertiary/aromatic N) is 2. The van der Waals surface area contributed by atoms with Crippen molar-refractivity contribution >= 4 is 34.6 Å². The van der Waals surface area contributed by atoms with Crippen LogP contribution in [0.4, 0.5) is 11.6 Å². The number of H-pyrrole nitrogens is 1. The summed E-state index contributed by atoms with van der Waals surface area (Å²) in [7, 11) is 3.01. The highest BCUT2D eigenvalue weighted by atomic mass is 35.5. The van der Waals surface area contributed by atoms with Gasteiger partial charge in [-0.15, -0.1) is 0 Å². The molecule has 0 aliphatic carbocycles. The summed E-state index contributed by atoms with van der Waals surface area (Å²) < 4.78 is 2.42. The number of benzene rings is 1. The first-order valence-corrected chi connectivity index (χ1v) is 8.64. The van der Waals surface area contributed by atoms with Crippen LogP contribution in [0.2, 0.25) is 5.02 Å². The van der Waals surface area contributed by atoms with Gasteiger partial charge in [0.25, 0.3) is 5.56 Å². The average Bonchev–Trinajstić information content (AvgIpc) is 2.97. The molecule has 0 bridgehead atoms. The van der Waals surface area contributed by atoms with E-state index in [0.29, 0.717) is 32.7 Å². The van der Waals surface area contributed by atoms with Crippen molar-refractivity contribution in [2.45, 2.75) is 5.92 Å². The maximum absolute atomic E-state index is 12.9. The highest BCUT2D eigenvalue weighted by molar-refractivity contribution is 7.10. The summed E-state index contributed by atoms with van der Waals surface area (Å²) >= 11 is 7.40. The Hall–Kier alpha value is -2.58. The highest BCUT2D eigenvalue weighted by Gasteiger charge is 2.35. The summed E-state index contributed by atoms with van der Waals surface area (Å²) in [6.07, 6.45) is 0. The second-order valence-corrected chi connectivity index (χ2v) is 7.22. The van der Waals surface area contributed by atoms with E-state index in [1.807, 2.05) is 12.1 Å². The molecule has 7 nitrogen and oxygen atoms in total. The number of aromatic amines is 1. The monoisotopic (exact) mass is 376 g/mol. The summed E-state index contributed by atoms with van der Waals surface area (Å²) in [6, 6.07) is 7.18. The highest BCUT2D eigenvalue weighted by Crippen LogP contribution is 2.44. The molecule has 2 aromatic heterocycles. The quantitative estimate of drug-likeness (QED) is 0.529. The predicted octanol–water partition coefficient (Wildman–Crippen LogP) is 1.72. The Labute approximate surface area is 150 Å². The van der Waals surface area contributed by atoms with Gasteiger partial charge in [0.05, 0.1) is 16.4 Å². The molecule has 1 atom stereocenters. The van der Waals surface area contributed by atoms with Gasteiger partial charge in [0.2, 0.25) is 0 Å². The first kappa shape index (κ1) is 15.9. The molecule has 2 N–H and O–H groups in total. The van der Waals surface area contributed by atoms with Gasteiger partial charge in [0.15, 0.2) is 0 Å².